The molecular weight excluding hydrogens is 357 g/mol. The molecule has 2 rings (SSSR count). The predicted molar refractivity (Wildman–Crippen MR) is 86.2 cm³/mol. The third kappa shape index (κ3) is 4.55. The molecule has 0 spiro atoms. The van der Waals surface area contributed by atoms with Crippen molar-refractivity contribution in [3.63, 3.8) is 0 Å². The zero-order chi connectivity index (χ0) is 15.2. The van der Waals surface area contributed by atoms with Gasteiger partial charge in [0.15, 0.2) is 0 Å². The van der Waals surface area contributed by atoms with Crippen LogP contribution in [-0.4, -0.2) is 17.8 Å². The van der Waals surface area contributed by atoms with Crippen molar-refractivity contribution in [2.45, 2.75) is 12.5 Å². The van der Waals surface area contributed by atoms with Gasteiger partial charge < -0.3 is 5.32 Å². The Morgan fingerprint density at radius 1 is 1.24 bits per heavy atom. The normalized spacial score (nSPS) is 12.0. The summed E-state index contributed by atoms with van der Waals surface area (Å²) in [6.07, 6.45) is 0.651. The predicted octanol–water partition coefficient (Wildman–Crippen LogP) is 4.17. The first-order valence-electron chi connectivity index (χ1n) is 6.46. The molecule has 110 valence electrons. The number of nitrogens with one attached hydrogen (secondary N) is 1. The lowest BCUT2D eigenvalue weighted by Crippen LogP contribution is -2.37. The highest BCUT2D eigenvalue weighted by Crippen LogP contribution is 2.17. The summed E-state index contributed by atoms with van der Waals surface area (Å²) in [5.74, 6) is -0.356. The summed E-state index contributed by atoms with van der Waals surface area (Å²) in [5, 5.41) is 2.86. The lowest BCUT2D eigenvalue weighted by Gasteiger charge is -2.16. The molecule has 0 saturated heterocycles. The van der Waals surface area contributed by atoms with Crippen molar-refractivity contribution in [2.75, 3.05) is 5.88 Å². The Labute approximate surface area is 136 Å². The van der Waals surface area contributed by atoms with E-state index in [9.17, 15) is 9.18 Å². The summed E-state index contributed by atoms with van der Waals surface area (Å²) >= 11 is 8.99. The molecule has 1 amide bonds. The highest BCUT2D eigenvalue weighted by Gasteiger charge is 2.14. The van der Waals surface area contributed by atoms with Gasteiger partial charge in [-0.15, -0.1) is 11.6 Å². The number of carbonyl (C=O) groups is 1. The molecule has 1 N–H and O–H groups in total. The number of halogens is 3. The summed E-state index contributed by atoms with van der Waals surface area (Å²) in [7, 11) is 0. The number of hydrogen-bond acceptors (Lipinski definition) is 1. The van der Waals surface area contributed by atoms with Gasteiger partial charge in [0.1, 0.15) is 5.82 Å². The molecule has 0 saturated carbocycles. The molecule has 1 atom stereocenters. The van der Waals surface area contributed by atoms with Gasteiger partial charge in [-0.05, 0) is 46.1 Å². The first-order chi connectivity index (χ1) is 10.1. The minimum absolute atomic E-state index is 0.176. The summed E-state index contributed by atoms with van der Waals surface area (Å²) in [4.78, 5) is 12.2. The van der Waals surface area contributed by atoms with Crippen molar-refractivity contribution in [3.8, 4) is 0 Å². The molecule has 0 aliphatic heterocycles. The molecule has 21 heavy (non-hydrogen) atoms. The maximum absolute atomic E-state index is 13.2. The molecule has 0 bridgehead atoms. The van der Waals surface area contributed by atoms with Crippen molar-refractivity contribution in [2.24, 2.45) is 0 Å². The smallest absolute Gasteiger partial charge is 0.251 e. The third-order valence-corrected chi connectivity index (χ3v) is 4.01. The van der Waals surface area contributed by atoms with Crippen LogP contribution in [0.25, 0.3) is 0 Å². The lowest BCUT2D eigenvalue weighted by molar-refractivity contribution is 0.0940. The van der Waals surface area contributed by atoms with Gasteiger partial charge in [-0.25, -0.2) is 4.39 Å². The van der Waals surface area contributed by atoms with E-state index in [0.29, 0.717) is 17.9 Å². The largest absolute Gasteiger partial charge is 0.348 e. The maximum atomic E-state index is 13.2. The zero-order valence-electron chi connectivity index (χ0n) is 11.2. The number of hydrogen-bond donors (Lipinski definition) is 1. The molecule has 0 heterocycles. The summed E-state index contributed by atoms with van der Waals surface area (Å²) in [6, 6.07) is 13.8. The molecule has 2 nitrogen and oxygen atoms in total. The molecule has 2 aromatic carbocycles. The van der Waals surface area contributed by atoms with Gasteiger partial charge in [0, 0.05) is 17.5 Å². The van der Waals surface area contributed by atoms with E-state index in [0.717, 1.165) is 5.56 Å². The Balaban J connectivity index is 2.04. The molecular formula is C16H14BrClFNO. The van der Waals surface area contributed by atoms with Crippen molar-refractivity contribution in [1.29, 1.82) is 0 Å². The van der Waals surface area contributed by atoms with E-state index in [2.05, 4.69) is 21.2 Å². The highest BCUT2D eigenvalue weighted by molar-refractivity contribution is 9.10. The fraction of sp³-hybridized carbons (Fsp3) is 0.188. The van der Waals surface area contributed by atoms with Gasteiger partial charge in [0.2, 0.25) is 0 Å². The van der Waals surface area contributed by atoms with E-state index in [1.54, 1.807) is 0 Å². The first kappa shape index (κ1) is 16.0. The summed E-state index contributed by atoms with van der Waals surface area (Å²) < 4.78 is 13.4. The van der Waals surface area contributed by atoms with Crippen molar-refractivity contribution in [1.82, 2.24) is 5.32 Å². The monoisotopic (exact) mass is 369 g/mol. The van der Waals surface area contributed by atoms with Crippen LogP contribution in [0.1, 0.15) is 15.9 Å². The molecule has 1 unspecified atom stereocenters. The average molecular weight is 371 g/mol. The van der Waals surface area contributed by atoms with Crippen molar-refractivity contribution in [3.05, 3.63) is 69.9 Å². The van der Waals surface area contributed by atoms with Gasteiger partial charge in [-0.2, -0.15) is 0 Å². The van der Waals surface area contributed by atoms with E-state index in [1.165, 1.54) is 18.2 Å². The second-order valence-corrected chi connectivity index (χ2v) is 5.81. The van der Waals surface area contributed by atoms with Crippen LogP contribution in [0.5, 0.6) is 0 Å². The van der Waals surface area contributed by atoms with Crippen LogP contribution in [-0.2, 0) is 6.42 Å². The second-order valence-electron chi connectivity index (χ2n) is 4.64. The quantitative estimate of drug-likeness (QED) is 0.787. The fourth-order valence-corrected chi connectivity index (χ4v) is 2.51. The van der Waals surface area contributed by atoms with E-state index in [4.69, 9.17) is 11.6 Å². The van der Waals surface area contributed by atoms with E-state index in [-0.39, 0.29) is 16.4 Å². The summed E-state index contributed by atoms with van der Waals surface area (Å²) in [5.41, 5.74) is 1.50. The van der Waals surface area contributed by atoms with Crippen LogP contribution in [0.4, 0.5) is 4.39 Å². The Morgan fingerprint density at radius 3 is 2.57 bits per heavy atom. The number of benzene rings is 2. The lowest BCUT2D eigenvalue weighted by atomic mass is 10.1. The van der Waals surface area contributed by atoms with E-state index < -0.39 is 5.82 Å². The van der Waals surface area contributed by atoms with Crippen molar-refractivity contribution < 1.29 is 9.18 Å². The Morgan fingerprint density at radius 2 is 1.95 bits per heavy atom. The van der Waals surface area contributed by atoms with Gasteiger partial charge in [0.25, 0.3) is 5.91 Å². The minimum Gasteiger partial charge on any atom is -0.348 e. The molecule has 0 fully saturated rings. The summed E-state index contributed by atoms with van der Waals surface area (Å²) in [6.45, 7) is 0. The maximum Gasteiger partial charge on any atom is 0.251 e. The van der Waals surface area contributed by atoms with E-state index >= 15 is 0 Å². The van der Waals surface area contributed by atoms with Crippen LogP contribution < -0.4 is 5.32 Å². The van der Waals surface area contributed by atoms with Crippen molar-refractivity contribution >= 4 is 33.4 Å². The Bertz CT molecular complexity index is 621. The molecule has 0 aliphatic rings. The SMILES string of the molecule is O=C(NC(CCl)Cc1ccccc1)c1ccc(F)c(Br)c1. The number of alkyl halides is 1. The molecule has 0 aromatic heterocycles. The number of amides is 1. The fourth-order valence-electron chi connectivity index (χ4n) is 1.95. The molecule has 5 heteroatoms. The average Bonchev–Trinajstić information content (AvgIpc) is 2.50. The van der Waals surface area contributed by atoms with Gasteiger partial charge in [-0.1, -0.05) is 30.3 Å². The minimum atomic E-state index is -0.398. The van der Waals surface area contributed by atoms with Gasteiger partial charge in [-0.3, -0.25) is 4.79 Å². The topological polar surface area (TPSA) is 29.1 Å². The van der Waals surface area contributed by atoms with Crippen LogP contribution >= 0.6 is 27.5 Å². The second kappa shape index (κ2) is 7.57. The molecule has 2 aromatic rings. The first-order valence-corrected chi connectivity index (χ1v) is 7.78. The number of carbonyl (C=O) groups excluding carboxylic acids is 1. The Kier molecular flexibility index (Phi) is 5.76. The van der Waals surface area contributed by atoms with Crippen LogP contribution in [0.15, 0.2) is 53.0 Å². The highest BCUT2D eigenvalue weighted by atomic mass is 79.9. The number of rotatable bonds is 5. The third-order valence-electron chi connectivity index (χ3n) is 3.03. The standard InChI is InChI=1S/C16H14BrClFNO/c17-14-9-12(6-7-15(14)19)16(21)20-13(10-18)8-11-4-2-1-3-5-11/h1-7,9,13H,8,10H2,(H,20,21). The van der Waals surface area contributed by atoms with Crippen LogP contribution in [0.2, 0.25) is 0 Å². The van der Waals surface area contributed by atoms with Crippen LogP contribution in [0.3, 0.4) is 0 Å². The molecule has 0 radical (unpaired) electrons. The Hall–Kier alpha value is -1.39. The van der Waals surface area contributed by atoms with E-state index in [1.807, 2.05) is 30.3 Å². The van der Waals surface area contributed by atoms with Gasteiger partial charge >= 0.3 is 0 Å². The zero-order valence-corrected chi connectivity index (χ0v) is 13.5. The molecule has 0 aliphatic carbocycles. The van der Waals surface area contributed by atoms with Crippen LogP contribution in [0, 0.1) is 5.82 Å². The van der Waals surface area contributed by atoms with Gasteiger partial charge in [0.05, 0.1) is 4.47 Å².